The molecule has 2 aromatic carbocycles. The van der Waals surface area contributed by atoms with Gasteiger partial charge in [-0.25, -0.2) is 0 Å². The van der Waals surface area contributed by atoms with Gasteiger partial charge in [-0.15, -0.1) is 0 Å². The van der Waals surface area contributed by atoms with Crippen molar-refractivity contribution >= 4 is 45.8 Å². The van der Waals surface area contributed by atoms with Crippen LogP contribution in [0, 0.1) is 14.9 Å². The van der Waals surface area contributed by atoms with Crippen molar-refractivity contribution in [3.8, 4) is 11.8 Å². The Bertz CT molecular complexity index is 689. The van der Waals surface area contributed by atoms with Crippen molar-refractivity contribution in [2.75, 3.05) is 0 Å². The molecular weight excluding hydrogens is 373 g/mol. The second kappa shape index (κ2) is 6.09. The Kier molecular flexibility index (Phi) is 4.46. The van der Waals surface area contributed by atoms with Crippen LogP contribution in [0.4, 0.5) is 0 Å². The van der Waals surface area contributed by atoms with Crippen LogP contribution in [0.3, 0.4) is 0 Å². The van der Waals surface area contributed by atoms with Crippen molar-refractivity contribution < 1.29 is 5.11 Å². The number of benzene rings is 2. The first-order chi connectivity index (χ1) is 9.11. The zero-order valence-electron chi connectivity index (χ0n) is 9.77. The first-order valence-electron chi connectivity index (χ1n) is 5.47. The number of halogens is 2. The number of phenols is 1. The smallest absolute Gasteiger partial charge is 0.128 e. The van der Waals surface area contributed by atoms with E-state index in [1.165, 1.54) is 0 Å². The minimum atomic E-state index is 0.231. The Balaban J connectivity index is 2.48. The second-order valence-corrected chi connectivity index (χ2v) is 5.43. The van der Waals surface area contributed by atoms with E-state index in [9.17, 15) is 10.4 Å². The Morgan fingerprint density at radius 2 is 2.00 bits per heavy atom. The average Bonchev–Trinajstić information content (AvgIpc) is 2.41. The van der Waals surface area contributed by atoms with Crippen LogP contribution in [-0.4, -0.2) is 5.11 Å². The molecule has 2 nitrogen and oxygen atoms in total. The SMILES string of the molecule is N#CC(=Cc1ccc(O)c(I)c1)c1ccccc1Cl. The molecule has 94 valence electrons. The monoisotopic (exact) mass is 381 g/mol. The lowest BCUT2D eigenvalue weighted by atomic mass is 10.0. The maximum Gasteiger partial charge on any atom is 0.128 e. The van der Waals surface area contributed by atoms with E-state index in [1.54, 1.807) is 24.3 Å². The maximum absolute atomic E-state index is 9.48. The molecule has 0 radical (unpaired) electrons. The summed E-state index contributed by atoms with van der Waals surface area (Å²) in [7, 11) is 0. The predicted molar refractivity (Wildman–Crippen MR) is 85.8 cm³/mol. The Morgan fingerprint density at radius 3 is 2.63 bits per heavy atom. The minimum absolute atomic E-state index is 0.231. The van der Waals surface area contributed by atoms with E-state index in [4.69, 9.17) is 11.6 Å². The van der Waals surface area contributed by atoms with Crippen LogP contribution >= 0.6 is 34.2 Å². The van der Waals surface area contributed by atoms with Crippen molar-refractivity contribution in [2.45, 2.75) is 0 Å². The largest absolute Gasteiger partial charge is 0.507 e. The average molecular weight is 382 g/mol. The molecular formula is C15H9ClINO. The fourth-order valence-electron chi connectivity index (χ4n) is 1.63. The second-order valence-electron chi connectivity index (χ2n) is 3.86. The van der Waals surface area contributed by atoms with E-state index in [2.05, 4.69) is 6.07 Å². The van der Waals surface area contributed by atoms with E-state index < -0.39 is 0 Å². The van der Waals surface area contributed by atoms with Crippen molar-refractivity contribution in [1.29, 1.82) is 5.26 Å². The summed E-state index contributed by atoms with van der Waals surface area (Å²) in [6.45, 7) is 0. The number of phenolic OH excluding ortho intramolecular Hbond substituents is 1. The summed E-state index contributed by atoms with van der Waals surface area (Å²) in [5, 5.41) is 19.3. The molecule has 0 fully saturated rings. The number of nitrogens with zero attached hydrogens (tertiary/aromatic N) is 1. The normalized spacial score (nSPS) is 11.1. The number of rotatable bonds is 2. The third-order valence-corrected chi connectivity index (χ3v) is 3.76. The molecule has 0 amide bonds. The number of aromatic hydroxyl groups is 1. The van der Waals surface area contributed by atoms with Gasteiger partial charge in [-0.2, -0.15) is 5.26 Å². The summed E-state index contributed by atoms with van der Waals surface area (Å²) >= 11 is 8.13. The van der Waals surface area contributed by atoms with Gasteiger partial charge in [0.05, 0.1) is 15.2 Å². The Morgan fingerprint density at radius 1 is 1.26 bits per heavy atom. The predicted octanol–water partition coefficient (Wildman–Crippen LogP) is 4.71. The molecule has 2 aromatic rings. The molecule has 0 bridgehead atoms. The molecule has 0 aliphatic carbocycles. The van der Waals surface area contributed by atoms with E-state index in [0.29, 0.717) is 16.2 Å². The highest BCUT2D eigenvalue weighted by Crippen LogP contribution is 2.27. The molecule has 0 aliphatic heterocycles. The molecule has 0 atom stereocenters. The molecule has 0 heterocycles. The van der Waals surface area contributed by atoms with E-state index >= 15 is 0 Å². The molecule has 4 heteroatoms. The van der Waals surface area contributed by atoms with Gasteiger partial charge in [-0.3, -0.25) is 0 Å². The Labute approximate surface area is 130 Å². The van der Waals surface area contributed by atoms with E-state index in [0.717, 1.165) is 9.13 Å². The quantitative estimate of drug-likeness (QED) is 0.465. The van der Waals surface area contributed by atoms with Gasteiger partial charge in [0.2, 0.25) is 0 Å². The third kappa shape index (κ3) is 3.28. The van der Waals surface area contributed by atoms with Gasteiger partial charge in [-0.1, -0.05) is 35.9 Å². The first-order valence-corrected chi connectivity index (χ1v) is 6.92. The Hall–Kier alpha value is -1.51. The van der Waals surface area contributed by atoms with Gasteiger partial charge in [-0.05, 0) is 52.4 Å². The summed E-state index contributed by atoms with van der Waals surface area (Å²) in [6, 6.07) is 14.5. The summed E-state index contributed by atoms with van der Waals surface area (Å²) < 4.78 is 0.739. The number of allylic oxidation sites excluding steroid dienone is 1. The fourth-order valence-corrected chi connectivity index (χ4v) is 2.41. The number of nitriles is 1. The topological polar surface area (TPSA) is 44.0 Å². The van der Waals surface area contributed by atoms with Crippen molar-refractivity contribution in [3.05, 3.63) is 62.2 Å². The zero-order chi connectivity index (χ0) is 13.8. The molecule has 0 saturated heterocycles. The standard InChI is InChI=1S/C15H9ClINO/c16-13-4-2-1-3-12(13)11(9-18)7-10-5-6-15(19)14(17)8-10/h1-8,19H. The van der Waals surface area contributed by atoms with Crippen molar-refractivity contribution in [2.24, 2.45) is 0 Å². The van der Waals surface area contributed by atoms with Gasteiger partial charge in [0.15, 0.2) is 0 Å². The van der Waals surface area contributed by atoms with Crippen LogP contribution in [0.1, 0.15) is 11.1 Å². The van der Waals surface area contributed by atoms with Crippen LogP contribution < -0.4 is 0 Å². The summed E-state index contributed by atoms with van der Waals surface area (Å²) in [5.41, 5.74) is 2.04. The van der Waals surface area contributed by atoms with Crippen LogP contribution in [0.15, 0.2) is 42.5 Å². The highest BCUT2D eigenvalue weighted by Gasteiger charge is 2.06. The highest BCUT2D eigenvalue weighted by molar-refractivity contribution is 14.1. The summed E-state index contributed by atoms with van der Waals surface area (Å²) in [4.78, 5) is 0. The molecule has 19 heavy (non-hydrogen) atoms. The van der Waals surface area contributed by atoms with Crippen LogP contribution in [0.2, 0.25) is 5.02 Å². The van der Waals surface area contributed by atoms with E-state index in [1.807, 2.05) is 46.9 Å². The third-order valence-electron chi connectivity index (χ3n) is 2.57. The van der Waals surface area contributed by atoms with Gasteiger partial charge in [0.1, 0.15) is 5.75 Å². The zero-order valence-corrected chi connectivity index (χ0v) is 12.7. The highest BCUT2D eigenvalue weighted by atomic mass is 127. The van der Waals surface area contributed by atoms with Crippen LogP contribution in [-0.2, 0) is 0 Å². The van der Waals surface area contributed by atoms with Crippen LogP contribution in [0.5, 0.6) is 5.75 Å². The lowest BCUT2D eigenvalue weighted by molar-refractivity contribution is 0.471. The van der Waals surface area contributed by atoms with Gasteiger partial charge >= 0.3 is 0 Å². The summed E-state index contributed by atoms with van der Waals surface area (Å²) in [6.07, 6.45) is 1.75. The number of hydrogen-bond donors (Lipinski definition) is 1. The number of hydrogen-bond acceptors (Lipinski definition) is 2. The fraction of sp³-hybridized carbons (Fsp3) is 0. The molecule has 0 aromatic heterocycles. The van der Waals surface area contributed by atoms with E-state index in [-0.39, 0.29) is 5.75 Å². The first kappa shape index (κ1) is 13.9. The molecule has 0 aliphatic rings. The molecule has 2 rings (SSSR count). The molecule has 1 N–H and O–H groups in total. The van der Waals surface area contributed by atoms with Crippen molar-refractivity contribution in [3.63, 3.8) is 0 Å². The summed E-state index contributed by atoms with van der Waals surface area (Å²) in [5.74, 6) is 0.231. The van der Waals surface area contributed by atoms with Gasteiger partial charge < -0.3 is 5.11 Å². The van der Waals surface area contributed by atoms with Gasteiger partial charge in [0, 0.05) is 10.6 Å². The maximum atomic E-state index is 9.48. The lowest BCUT2D eigenvalue weighted by Crippen LogP contribution is -1.84. The van der Waals surface area contributed by atoms with Gasteiger partial charge in [0.25, 0.3) is 0 Å². The molecule has 0 saturated carbocycles. The van der Waals surface area contributed by atoms with Crippen molar-refractivity contribution in [1.82, 2.24) is 0 Å². The molecule has 0 unspecified atom stereocenters. The lowest BCUT2D eigenvalue weighted by Gasteiger charge is -2.03. The molecule has 0 spiro atoms. The minimum Gasteiger partial charge on any atom is -0.507 e. The van der Waals surface area contributed by atoms with Crippen LogP contribution in [0.25, 0.3) is 11.6 Å².